The molecule has 0 aromatic heterocycles. The molecule has 0 N–H and O–H groups in total. The van der Waals surface area contributed by atoms with Crippen molar-refractivity contribution in [2.45, 2.75) is 6.92 Å². The van der Waals surface area contributed by atoms with Crippen LogP contribution in [0.25, 0.3) is 0 Å². The zero-order valence-corrected chi connectivity index (χ0v) is 12.0. The van der Waals surface area contributed by atoms with Gasteiger partial charge in [0.15, 0.2) is 0 Å². The number of halogens is 1. The van der Waals surface area contributed by atoms with E-state index in [4.69, 9.17) is 11.6 Å². The predicted molar refractivity (Wildman–Crippen MR) is 80.5 cm³/mol. The first kappa shape index (κ1) is 14.3. The molecule has 1 amide bonds. The van der Waals surface area contributed by atoms with E-state index in [9.17, 15) is 9.59 Å². The van der Waals surface area contributed by atoms with E-state index in [0.29, 0.717) is 16.8 Å². The number of hydrogen-bond acceptors (Lipinski definition) is 2. The molecule has 0 heterocycles. The highest BCUT2D eigenvalue weighted by Crippen LogP contribution is 2.18. The highest BCUT2D eigenvalue weighted by atomic mass is 35.5. The summed E-state index contributed by atoms with van der Waals surface area (Å²) in [6.07, 6.45) is 0. The van der Waals surface area contributed by atoms with Gasteiger partial charge in [0, 0.05) is 23.9 Å². The van der Waals surface area contributed by atoms with Gasteiger partial charge in [0.1, 0.15) is 0 Å². The molecular weight excluding hydrogens is 274 g/mol. The monoisotopic (exact) mass is 287 g/mol. The van der Waals surface area contributed by atoms with E-state index in [2.05, 4.69) is 0 Å². The molecule has 0 fully saturated rings. The third kappa shape index (κ3) is 2.89. The van der Waals surface area contributed by atoms with Gasteiger partial charge in [0.2, 0.25) is 0 Å². The van der Waals surface area contributed by atoms with Gasteiger partial charge < -0.3 is 4.90 Å². The summed E-state index contributed by atoms with van der Waals surface area (Å²) in [5.74, 6) is -0.0898. The molecule has 0 unspecified atom stereocenters. The third-order valence-electron chi connectivity index (χ3n) is 3.16. The second-order valence-corrected chi connectivity index (χ2v) is 4.84. The number of carbonyl (C=O) groups is 2. The average Bonchev–Trinajstić information content (AvgIpc) is 2.46. The van der Waals surface area contributed by atoms with Crippen LogP contribution in [-0.4, -0.2) is 18.2 Å². The van der Waals surface area contributed by atoms with Crippen molar-refractivity contribution in [2.24, 2.45) is 0 Å². The van der Waals surface area contributed by atoms with Gasteiger partial charge >= 0.3 is 0 Å². The van der Waals surface area contributed by atoms with E-state index in [1.807, 2.05) is 25.1 Å². The number of hydrogen-bond donors (Lipinski definition) is 0. The van der Waals surface area contributed by atoms with Crippen molar-refractivity contribution >= 4 is 28.4 Å². The summed E-state index contributed by atoms with van der Waals surface area (Å²) < 4.78 is 0. The van der Waals surface area contributed by atoms with Gasteiger partial charge in [0.05, 0.1) is 0 Å². The van der Waals surface area contributed by atoms with Crippen LogP contribution in [0.4, 0.5) is 5.69 Å². The van der Waals surface area contributed by atoms with E-state index in [-0.39, 0.29) is 5.91 Å². The topological polar surface area (TPSA) is 37.4 Å². The standard InChI is InChI=1S/C16H14ClNO2/c1-11-5-3-4-6-14(11)16(20)18(2)13-9-7-12(8-10-13)15(17)19/h3-10H,1-2H3. The molecule has 0 saturated heterocycles. The minimum absolute atomic E-state index is 0.0898. The fraction of sp³-hybridized carbons (Fsp3) is 0.125. The number of anilines is 1. The molecule has 2 aromatic rings. The van der Waals surface area contributed by atoms with E-state index < -0.39 is 5.24 Å². The Morgan fingerprint density at radius 3 is 2.15 bits per heavy atom. The Labute approximate surface area is 122 Å². The van der Waals surface area contributed by atoms with E-state index in [1.54, 1.807) is 42.3 Å². The lowest BCUT2D eigenvalue weighted by Gasteiger charge is -2.18. The molecule has 0 bridgehead atoms. The zero-order chi connectivity index (χ0) is 14.7. The van der Waals surface area contributed by atoms with E-state index in [0.717, 1.165) is 5.56 Å². The summed E-state index contributed by atoms with van der Waals surface area (Å²) >= 11 is 5.39. The van der Waals surface area contributed by atoms with Crippen LogP contribution in [0, 0.1) is 6.92 Å². The van der Waals surface area contributed by atoms with Gasteiger partial charge in [-0.1, -0.05) is 18.2 Å². The van der Waals surface area contributed by atoms with Crippen LogP contribution in [-0.2, 0) is 0 Å². The molecular formula is C16H14ClNO2. The number of benzene rings is 2. The van der Waals surface area contributed by atoms with Gasteiger partial charge in [-0.05, 0) is 54.4 Å². The van der Waals surface area contributed by atoms with Gasteiger partial charge in [-0.3, -0.25) is 9.59 Å². The average molecular weight is 288 g/mol. The quantitative estimate of drug-likeness (QED) is 0.808. The molecule has 0 radical (unpaired) electrons. The summed E-state index contributed by atoms with van der Waals surface area (Å²) in [7, 11) is 1.70. The summed E-state index contributed by atoms with van der Waals surface area (Å²) in [5, 5.41) is -0.510. The van der Waals surface area contributed by atoms with Crippen LogP contribution >= 0.6 is 11.6 Å². The van der Waals surface area contributed by atoms with Crippen LogP contribution < -0.4 is 4.90 Å². The zero-order valence-electron chi connectivity index (χ0n) is 11.3. The molecule has 0 atom stereocenters. The van der Waals surface area contributed by atoms with Crippen LogP contribution in [0.5, 0.6) is 0 Å². The largest absolute Gasteiger partial charge is 0.311 e. The van der Waals surface area contributed by atoms with Crippen molar-refractivity contribution in [3.8, 4) is 0 Å². The Bertz CT molecular complexity index is 650. The summed E-state index contributed by atoms with van der Waals surface area (Å²) in [6.45, 7) is 1.90. The highest BCUT2D eigenvalue weighted by Gasteiger charge is 2.15. The maximum atomic E-state index is 12.4. The molecule has 0 aliphatic heterocycles. The number of amides is 1. The molecule has 0 aliphatic carbocycles. The third-order valence-corrected chi connectivity index (χ3v) is 3.38. The van der Waals surface area contributed by atoms with Crippen molar-refractivity contribution in [3.63, 3.8) is 0 Å². The Balaban J connectivity index is 2.27. The van der Waals surface area contributed by atoms with Crippen molar-refractivity contribution < 1.29 is 9.59 Å². The smallest absolute Gasteiger partial charge is 0.258 e. The molecule has 3 nitrogen and oxygen atoms in total. The number of rotatable bonds is 3. The maximum absolute atomic E-state index is 12.4. The lowest BCUT2D eigenvalue weighted by atomic mass is 10.1. The highest BCUT2D eigenvalue weighted by molar-refractivity contribution is 6.67. The number of carbonyl (C=O) groups excluding carboxylic acids is 2. The van der Waals surface area contributed by atoms with Gasteiger partial charge in [-0.15, -0.1) is 0 Å². The predicted octanol–water partition coefficient (Wildman–Crippen LogP) is 3.65. The van der Waals surface area contributed by atoms with Gasteiger partial charge in [-0.25, -0.2) is 0 Å². The molecule has 20 heavy (non-hydrogen) atoms. The van der Waals surface area contributed by atoms with E-state index in [1.165, 1.54) is 0 Å². The fourth-order valence-electron chi connectivity index (χ4n) is 1.93. The first-order valence-electron chi connectivity index (χ1n) is 6.14. The number of nitrogens with zero attached hydrogens (tertiary/aromatic N) is 1. The van der Waals surface area contributed by atoms with Crippen LogP contribution in [0.3, 0.4) is 0 Å². The molecule has 2 aromatic carbocycles. The van der Waals surface area contributed by atoms with E-state index >= 15 is 0 Å². The van der Waals surface area contributed by atoms with Crippen LogP contribution in [0.1, 0.15) is 26.3 Å². The van der Waals surface area contributed by atoms with Crippen LogP contribution in [0.2, 0.25) is 0 Å². The first-order valence-corrected chi connectivity index (χ1v) is 6.52. The fourth-order valence-corrected chi connectivity index (χ4v) is 2.05. The molecule has 2 rings (SSSR count). The Morgan fingerprint density at radius 1 is 1.00 bits per heavy atom. The lowest BCUT2D eigenvalue weighted by Crippen LogP contribution is -2.26. The normalized spacial score (nSPS) is 10.2. The van der Waals surface area contributed by atoms with Crippen molar-refractivity contribution in [1.29, 1.82) is 0 Å². The second-order valence-electron chi connectivity index (χ2n) is 4.50. The number of aryl methyl sites for hydroxylation is 1. The summed E-state index contributed by atoms with van der Waals surface area (Å²) in [6, 6.07) is 14.0. The Hall–Kier alpha value is -2.13. The Kier molecular flexibility index (Phi) is 4.20. The van der Waals surface area contributed by atoms with Crippen molar-refractivity contribution in [3.05, 3.63) is 65.2 Å². The Morgan fingerprint density at radius 2 is 1.60 bits per heavy atom. The maximum Gasteiger partial charge on any atom is 0.258 e. The molecule has 102 valence electrons. The molecule has 4 heteroatoms. The SMILES string of the molecule is Cc1ccccc1C(=O)N(C)c1ccc(C(=O)Cl)cc1. The molecule has 0 spiro atoms. The second kappa shape index (κ2) is 5.88. The lowest BCUT2D eigenvalue weighted by molar-refractivity contribution is 0.0992. The first-order chi connectivity index (χ1) is 9.50. The minimum Gasteiger partial charge on any atom is -0.311 e. The van der Waals surface area contributed by atoms with Gasteiger partial charge in [0.25, 0.3) is 11.1 Å². The van der Waals surface area contributed by atoms with Gasteiger partial charge in [-0.2, -0.15) is 0 Å². The molecule has 0 aliphatic rings. The molecule has 0 saturated carbocycles. The summed E-state index contributed by atoms with van der Waals surface area (Å²) in [4.78, 5) is 25.0. The van der Waals surface area contributed by atoms with Crippen molar-refractivity contribution in [2.75, 3.05) is 11.9 Å². The minimum atomic E-state index is -0.510. The van der Waals surface area contributed by atoms with Crippen LogP contribution in [0.15, 0.2) is 48.5 Å². The van der Waals surface area contributed by atoms with Crippen molar-refractivity contribution in [1.82, 2.24) is 0 Å². The summed E-state index contributed by atoms with van der Waals surface area (Å²) in [5.41, 5.74) is 2.71.